The predicted octanol–water partition coefficient (Wildman–Crippen LogP) is 5.70. The van der Waals surface area contributed by atoms with E-state index in [0.717, 1.165) is 5.56 Å². The Balaban J connectivity index is 0.000000377. The molecule has 0 aliphatic rings. The van der Waals surface area contributed by atoms with E-state index in [9.17, 15) is 0 Å². The van der Waals surface area contributed by atoms with Crippen LogP contribution in [-0.2, 0) is 17.1 Å². The first-order valence-electron chi connectivity index (χ1n) is 7.57. The second-order valence-electron chi connectivity index (χ2n) is 6.22. The average molecular weight is 358 g/mol. The topological polar surface area (TPSA) is 0 Å². The molecule has 0 saturated carbocycles. The minimum atomic E-state index is -1.27. The van der Waals surface area contributed by atoms with Gasteiger partial charge in [-0.1, -0.05) is 61.1 Å². The first-order valence-corrected chi connectivity index (χ1v) is 11.1. The van der Waals surface area contributed by atoms with Crippen molar-refractivity contribution in [1.29, 1.82) is 0 Å². The fourth-order valence-electron chi connectivity index (χ4n) is 1.91. The largest absolute Gasteiger partial charge is 0.748 e. The van der Waals surface area contributed by atoms with Crippen molar-refractivity contribution in [3.8, 4) is 22.6 Å². The Kier molecular flexibility index (Phi) is 7.85. The molecule has 0 aromatic heterocycles. The summed E-state index contributed by atoms with van der Waals surface area (Å²) >= 11 is 0. The van der Waals surface area contributed by atoms with Crippen LogP contribution in [0.4, 0.5) is 0 Å². The van der Waals surface area contributed by atoms with Crippen molar-refractivity contribution in [1.82, 2.24) is 0 Å². The number of hydrogen-bond donors (Lipinski definition) is 0. The predicted molar refractivity (Wildman–Crippen MR) is 99.7 cm³/mol. The summed E-state index contributed by atoms with van der Waals surface area (Å²) in [6, 6.07) is 26.8. The molecule has 0 unspecified atom stereocenters. The molecule has 0 saturated heterocycles. The summed E-state index contributed by atoms with van der Waals surface area (Å²) in [4.78, 5) is 0. The van der Waals surface area contributed by atoms with Crippen LogP contribution in [-0.4, -0.2) is 8.07 Å². The van der Waals surface area contributed by atoms with Gasteiger partial charge in [0.25, 0.3) is 0 Å². The van der Waals surface area contributed by atoms with Gasteiger partial charge < -0.3 is 30.3 Å². The fourth-order valence-corrected chi connectivity index (χ4v) is 2.43. The van der Waals surface area contributed by atoms with Crippen molar-refractivity contribution in [2.24, 2.45) is 0 Å². The minimum Gasteiger partial charge on any atom is -0.748 e. The standard InChI is InChI=1S/C16H17Si.C5H5.Fe/c1-17(2,3)12-11-14-9-10-16(13-14)15-7-5-4-6-8-15;1-2-4-5-3-1;/h4-10,13H,1-3H3;1-5H;/q-1;-5;. The monoisotopic (exact) mass is 358 g/mol. The zero-order valence-electron chi connectivity index (χ0n) is 13.9. The van der Waals surface area contributed by atoms with Crippen LogP contribution < -0.4 is 0 Å². The average Bonchev–Trinajstić information content (AvgIpc) is 3.20. The SMILES string of the molecule is C[Si](C)(C)C#C[c-]1ccc(-c2ccccc2)c1.[Fe].[cH-]1[cH-][cH-][cH-][cH-]1. The van der Waals surface area contributed by atoms with Crippen LogP contribution in [0.2, 0.25) is 19.6 Å². The molecular weight excluding hydrogens is 336 g/mol. The Morgan fingerprint density at radius 1 is 0.826 bits per heavy atom. The van der Waals surface area contributed by atoms with Gasteiger partial charge in [0.05, 0.1) is 8.07 Å². The van der Waals surface area contributed by atoms with Crippen LogP contribution in [0.3, 0.4) is 0 Å². The minimum absolute atomic E-state index is 0. The van der Waals surface area contributed by atoms with Gasteiger partial charge in [0, 0.05) is 17.1 Å². The molecule has 0 heterocycles. The van der Waals surface area contributed by atoms with Gasteiger partial charge in [-0.15, -0.1) is 17.7 Å². The van der Waals surface area contributed by atoms with Gasteiger partial charge in [0.2, 0.25) is 0 Å². The van der Waals surface area contributed by atoms with Crippen molar-refractivity contribution in [3.63, 3.8) is 0 Å². The molecule has 0 amide bonds. The molecule has 3 rings (SSSR count). The van der Waals surface area contributed by atoms with E-state index in [-0.39, 0.29) is 17.1 Å². The number of rotatable bonds is 1. The molecule has 2 heteroatoms. The molecule has 0 N–H and O–H groups in total. The molecule has 23 heavy (non-hydrogen) atoms. The maximum atomic E-state index is 3.39. The summed E-state index contributed by atoms with van der Waals surface area (Å²) < 4.78 is 0. The van der Waals surface area contributed by atoms with E-state index in [1.54, 1.807) is 0 Å². The molecule has 0 bridgehead atoms. The zero-order chi connectivity index (χ0) is 15.8. The molecule has 0 nitrogen and oxygen atoms in total. The van der Waals surface area contributed by atoms with Crippen molar-refractivity contribution in [2.75, 3.05) is 0 Å². The first-order chi connectivity index (χ1) is 10.5. The quantitative estimate of drug-likeness (QED) is 0.297. The van der Waals surface area contributed by atoms with Crippen LogP contribution in [0.5, 0.6) is 0 Å². The number of benzene rings is 1. The Bertz CT molecular complexity index is 702. The van der Waals surface area contributed by atoms with Crippen LogP contribution in [0, 0.1) is 11.5 Å². The van der Waals surface area contributed by atoms with Gasteiger partial charge in [-0.2, -0.15) is 12.0 Å². The summed E-state index contributed by atoms with van der Waals surface area (Å²) in [5.41, 5.74) is 7.04. The summed E-state index contributed by atoms with van der Waals surface area (Å²) in [5.74, 6) is 3.29. The summed E-state index contributed by atoms with van der Waals surface area (Å²) in [6.45, 7) is 6.79. The Morgan fingerprint density at radius 3 is 1.91 bits per heavy atom. The van der Waals surface area contributed by atoms with Crippen molar-refractivity contribution >= 4 is 8.07 Å². The van der Waals surface area contributed by atoms with Gasteiger partial charge in [0.1, 0.15) is 0 Å². The summed E-state index contributed by atoms with van der Waals surface area (Å²) in [7, 11) is -1.27. The van der Waals surface area contributed by atoms with Gasteiger partial charge in [-0.05, 0) is 0 Å². The third-order valence-corrected chi connectivity index (χ3v) is 3.87. The summed E-state index contributed by atoms with van der Waals surface area (Å²) in [6.07, 6.45) is 0. The number of hydrogen-bond acceptors (Lipinski definition) is 0. The molecule has 3 aromatic rings. The summed E-state index contributed by atoms with van der Waals surface area (Å²) in [5, 5.41) is 0. The van der Waals surface area contributed by atoms with Crippen molar-refractivity contribution in [2.45, 2.75) is 19.6 Å². The van der Waals surface area contributed by atoms with E-state index < -0.39 is 8.07 Å². The van der Waals surface area contributed by atoms with E-state index in [4.69, 9.17) is 0 Å². The molecule has 0 radical (unpaired) electrons. The Labute approximate surface area is 151 Å². The van der Waals surface area contributed by atoms with E-state index in [1.165, 1.54) is 11.1 Å². The Morgan fingerprint density at radius 2 is 1.39 bits per heavy atom. The van der Waals surface area contributed by atoms with E-state index in [0.29, 0.717) is 0 Å². The van der Waals surface area contributed by atoms with Gasteiger partial charge in [-0.3, -0.25) is 0 Å². The van der Waals surface area contributed by atoms with Crippen LogP contribution in [0.1, 0.15) is 5.56 Å². The normalized spacial score (nSPS) is 9.70. The maximum Gasteiger partial charge on any atom is 0.0678 e. The second kappa shape index (κ2) is 9.38. The molecule has 0 aliphatic carbocycles. The van der Waals surface area contributed by atoms with E-state index in [2.05, 4.69) is 73.6 Å². The van der Waals surface area contributed by atoms with Crippen molar-refractivity contribution in [3.05, 3.63) is 84.4 Å². The molecule has 0 aliphatic heterocycles. The zero-order valence-corrected chi connectivity index (χ0v) is 16.0. The smallest absolute Gasteiger partial charge is 0.0678 e. The molecule has 0 fully saturated rings. The molecular formula is C21H22FeSi-6. The maximum absolute atomic E-state index is 3.39. The third kappa shape index (κ3) is 7.35. The van der Waals surface area contributed by atoms with Gasteiger partial charge in [-0.25, -0.2) is 5.54 Å². The molecule has 124 valence electrons. The van der Waals surface area contributed by atoms with Gasteiger partial charge >= 0.3 is 0 Å². The van der Waals surface area contributed by atoms with Crippen LogP contribution in [0.25, 0.3) is 11.1 Å². The van der Waals surface area contributed by atoms with E-state index >= 15 is 0 Å². The molecule has 0 atom stereocenters. The van der Waals surface area contributed by atoms with Crippen molar-refractivity contribution < 1.29 is 17.1 Å². The fraction of sp³-hybridized carbons (Fsp3) is 0.143. The molecule has 3 aromatic carbocycles. The second-order valence-corrected chi connectivity index (χ2v) is 11.0. The first kappa shape index (κ1) is 19.3. The van der Waals surface area contributed by atoms with E-state index in [1.807, 2.05) is 36.4 Å². The Hall–Kier alpha value is -1.78. The molecule has 0 spiro atoms. The van der Waals surface area contributed by atoms with Gasteiger partial charge in [0.15, 0.2) is 0 Å². The van der Waals surface area contributed by atoms with Crippen LogP contribution >= 0.6 is 0 Å². The van der Waals surface area contributed by atoms with Crippen LogP contribution in [0.15, 0.2) is 78.9 Å². The third-order valence-electron chi connectivity index (χ3n) is 3.00.